The molecule has 0 aliphatic heterocycles. The Hall–Kier alpha value is -3.16. The Labute approximate surface area is 123 Å². The molecule has 6 nitrogen and oxygen atoms in total. The highest BCUT2D eigenvalue weighted by molar-refractivity contribution is 6.04. The maximum Gasteiger partial charge on any atom is 0.258 e. The second-order valence-electron chi connectivity index (χ2n) is 4.32. The highest BCUT2D eigenvalue weighted by Gasteiger charge is 2.13. The van der Waals surface area contributed by atoms with Gasteiger partial charge in [-0.25, -0.2) is 23.7 Å². The van der Waals surface area contributed by atoms with Crippen LogP contribution in [0.3, 0.4) is 0 Å². The minimum absolute atomic E-state index is 0.264. The van der Waals surface area contributed by atoms with E-state index >= 15 is 0 Å². The molecule has 0 saturated carbocycles. The lowest BCUT2D eigenvalue weighted by Gasteiger charge is -2.06. The number of amides is 1. The highest BCUT2D eigenvalue weighted by atomic mass is 19.1. The van der Waals surface area contributed by atoms with Crippen LogP contribution in [-0.4, -0.2) is 25.4 Å². The van der Waals surface area contributed by atoms with Crippen LogP contribution in [-0.2, 0) is 0 Å². The first kappa shape index (κ1) is 13.8. The molecule has 0 aliphatic rings. The molecule has 3 aromatic rings. The van der Waals surface area contributed by atoms with Crippen molar-refractivity contribution in [2.75, 3.05) is 5.32 Å². The van der Waals surface area contributed by atoms with Gasteiger partial charge < -0.3 is 5.32 Å². The molecule has 8 heteroatoms. The minimum atomic E-state index is -0.937. The second-order valence-corrected chi connectivity index (χ2v) is 4.32. The molecule has 0 spiro atoms. The first-order valence-corrected chi connectivity index (χ1v) is 6.20. The van der Waals surface area contributed by atoms with Crippen molar-refractivity contribution in [2.24, 2.45) is 0 Å². The molecule has 22 heavy (non-hydrogen) atoms. The summed E-state index contributed by atoms with van der Waals surface area (Å²) in [4.78, 5) is 23.9. The van der Waals surface area contributed by atoms with E-state index in [-0.39, 0.29) is 11.3 Å². The van der Waals surface area contributed by atoms with Gasteiger partial charge >= 0.3 is 0 Å². The van der Waals surface area contributed by atoms with Crippen LogP contribution in [0.25, 0.3) is 5.95 Å². The van der Waals surface area contributed by atoms with Crippen LogP contribution in [0.2, 0.25) is 0 Å². The quantitative estimate of drug-likeness (QED) is 0.805. The fourth-order valence-corrected chi connectivity index (χ4v) is 1.77. The second kappa shape index (κ2) is 5.68. The standard InChI is InChI=1S/C14H9F2N5O/c15-9-1-2-11(12(16)5-9)13(22)20-10-6-18-14(19-7-10)21-4-3-17-8-21/h1-8H,(H,20,22). The molecule has 0 aliphatic carbocycles. The predicted molar refractivity (Wildman–Crippen MR) is 73.5 cm³/mol. The van der Waals surface area contributed by atoms with Gasteiger partial charge in [-0.3, -0.25) is 9.36 Å². The van der Waals surface area contributed by atoms with Gasteiger partial charge in [0.2, 0.25) is 5.95 Å². The van der Waals surface area contributed by atoms with E-state index in [1.165, 1.54) is 18.7 Å². The Morgan fingerprint density at radius 1 is 1.18 bits per heavy atom. The van der Waals surface area contributed by atoms with E-state index in [2.05, 4.69) is 20.3 Å². The van der Waals surface area contributed by atoms with E-state index in [0.717, 1.165) is 12.1 Å². The average Bonchev–Trinajstić information content (AvgIpc) is 3.02. The zero-order chi connectivity index (χ0) is 15.5. The summed E-state index contributed by atoms with van der Waals surface area (Å²) in [5.41, 5.74) is 0.0256. The van der Waals surface area contributed by atoms with Crippen LogP contribution < -0.4 is 5.32 Å². The number of benzene rings is 1. The summed E-state index contributed by atoms with van der Waals surface area (Å²) in [6.07, 6.45) is 7.53. The number of halogens is 2. The van der Waals surface area contributed by atoms with Crippen molar-refractivity contribution in [3.63, 3.8) is 0 Å². The number of hydrogen-bond donors (Lipinski definition) is 1. The van der Waals surface area contributed by atoms with Gasteiger partial charge in [-0.05, 0) is 12.1 Å². The fraction of sp³-hybridized carbons (Fsp3) is 0. The Kier molecular flexibility index (Phi) is 3.57. The Bertz CT molecular complexity index is 803. The number of aromatic nitrogens is 4. The molecule has 0 radical (unpaired) electrons. The van der Waals surface area contributed by atoms with Gasteiger partial charge in [0.25, 0.3) is 5.91 Å². The molecule has 3 rings (SSSR count). The smallest absolute Gasteiger partial charge is 0.258 e. The highest BCUT2D eigenvalue weighted by Crippen LogP contribution is 2.13. The number of rotatable bonds is 3. The molecule has 0 unspecified atom stereocenters. The van der Waals surface area contributed by atoms with E-state index < -0.39 is 17.5 Å². The summed E-state index contributed by atoms with van der Waals surface area (Å²) < 4.78 is 27.9. The van der Waals surface area contributed by atoms with Crippen molar-refractivity contribution in [1.82, 2.24) is 19.5 Å². The first-order valence-electron chi connectivity index (χ1n) is 6.20. The van der Waals surface area contributed by atoms with Crippen LogP contribution >= 0.6 is 0 Å². The Balaban J connectivity index is 1.77. The summed E-state index contributed by atoms with van der Waals surface area (Å²) in [6, 6.07) is 2.73. The molecule has 2 heterocycles. The largest absolute Gasteiger partial charge is 0.319 e. The summed E-state index contributed by atoms with van der Waals surface area (Å²) in [7, 11) is 0. The van der Waals surface area contributed by atoms with Gasteiger partial charge in [-0.2, -0.15) is 0 Å². The van der Waals surface area contributed by atoms with Crippen LogP contribution in [0, 0.1) is 11.6 Å². The maximum atomic E-state index is 13.5. The molecule has 2 aromatic heterocycles. The molecule has 0 saturated heterocycles. The number of imidazole rings is 1. The molecule has 110 valence electrons. The lowest BCUT2D eigenvalue weighted by atomic mass is 10.2. The molecule has 1 N–H and O–H groups in total. The topological polar surface area (TPSA) is 72.7 Å². The summed E-state index contributed by atoms with van der Waals surface area (Å²) in [6.45, 7) is 0. The van der Waals surface area contributed by atoms with Crippen LogP contribution in [0.5, 0.6) is 0 Å². The summed E-state index contributed by atoms with van der Waals surface area (Å²) in [5.74, 6) is -2.02. The van der Waals surface area contributed by atoms with E-state index in [1.54, 1.807) is 17.0 Å². The molecular weight excluding hydrogens is 292 g/mol. The maximum absolute atomic E-state index is 13.5. The van der Waals surface area contributed by atoms with E-state index in [4.69, 9.17) is 0 Å². The first-order chi connectivity index (χ1) is 10.6. The monoisotopic (exact) mass is 301 g/mol. The van der Waals surface area contributed by atoms with Crippen LogP contribution in [0.4, 0.5) is 14.5 Å². The van der Waals surface area contributed by atoms with Crippen molar-refractivity contribution < 1.29 is 13.6 Å². The predicted octanol–water partition coefficient (Wildman–Crippen LogP) is 2.19. The van der Waals surface area contributed by atoms with Crippen LogP contribution in [0.15, 0.2) is 49.3 Å². The zero-order valence-electron chi connectivity index (χ0n) is 11.1. The Morgan fingerprint density at radius 2 is 1.95 bits per heavy atom. The Morgan fingerprint density at radius 3 is 2.59 bits per heavy atom. The molecule has 0 bridgehead atoms. The lowest BCUT2D eigenvalue weighted by Crippen LogP contribution is -2.14. The van der Waals surface area contributed by atoms with E-state index in [1.807, 2.05) is 0 Å². The third-order valence-electron chi connectivity index (χ3n) is 2.81. The third kappa shape index (κ3) is 2.80. The van der Waals surface area contributed by atoms with Gasteiger partial charge in [0.15, 0.2) is 0 Å². The van der Waals surface area contributed by atoms with Crippen molar-refractivity contribution in [3.05, 3.63) is 66.5 Å². The lowest BCUT2D eigenvalue weighted by molar-refractivity contribution is 0.102. The van der Waals surface area contributed by atoms with Gasteiger partial charge in [0.1, 0.15) is 18.0 Å². The van der Waals surface area contributed by atoms with Gasteiger partial charge in [-0.15, -0.1) is 0 Å². The minimum Gasteiger partial charge on any atom is -0.319 e. The van der Waals surface area contributed by atoms with Gasteiger partial charge in [0, 0.05) is 18.5 Å². The van der Waals surface area contributed by atoms with Crippen molar-refractivity contribution >= 4 is 11.6 Å². The molecule has 0 atom stereocenters. The zero-order valence-corrected chi connectivity index (χ0v) is 11.1. The molecular formula is C14H9F2N5O. The number of anilines is 1. The SMILES string of the molecule is O=C(Nc1cnc(-n2ccnc2)nc1)c1ccc(F)cc1F. The number of carbonyl (C=O) groups is 1. The number of hydrogen-bond acceptors (Lipinski definition) is 4. The van der Waals surface area contributed by atoms with E-state index in [9.17, 15) is 13.6 Å². The van der Waals surface area contributed by atoms with Crippen molar-refractivity contribution in [1.29, 1.82) is 0 Å². The normalized spacial score (nSPS) is 10.5. The van der Waals surface area contributed by atoms with Crippen molar-refractivity contribution in [3.8, 4) is 5.95 Å². The summed E-state index contributed by atoms with van der Waals surface area (Å²) >= 11 is 0. The molecule has 1 aromatic carbocycles. The summed E-state index contributed by atoms with van der Waals surface area (Å²) in [5, 5.41) is 2.44. The van der Waals surface area contributed by atoms with Crippen molar-refractivity contribution in [2.45, 2.75) is 0 Å². The third-order valence-corrected chi connectivity index (χ3v) is 2.81. The fourth-order valence-electron chi connectivity index (χ4n) is 1.77. The average molecular weight is 301 g/mol. The number of carbonyl (C=O) groups excluding carboxylic acids is 1. The van der Waals surface area contributed by atoms with Crippen LogP contribution in [0.1, 0.15) is 10.4 Å². The number of nitrogens with zero attached hydrogens (tertiary/aromatic N) is 4. The number of nitrogens with one attached hydrogen (secondary N) is 1. The molecule has 1 amide bonds. The van der Waals surface area contributed by atoms with Gasteiger partial charge in [0.05, 0.1) is 23.6 Å². The van der Waals surface area contributed by atoms with E-state index in [0.29, 0.717) is 12.0 Å². The van der Waals surface area contributed by atoms with Gasteiger partial charge in [-0.1, -0.05) is 0 Å². The molecule has 0 fully saturated rings.